The van der Waals surface area contributed by atoms with Crippen LogP contribution >= 0.6 is 0 Å². The number of benzene rings is 1. The van der Waals surface area contributed by atoms with E-state index in [0.29, 0.717) is 18.0 Å². The van der Waals surface area contributed by atoms with Crippen molar-refractivity contribution in [1.82, 2.24) is 14.8 Å². The van der Waals surface area contributed by atoms with Gasteiger partial charge in [-0.15, -0.1) is 0 Å². The molecule has 1 aliphatic carbocycles. The van der Waals surface area contributed by atoms with Gasteiger partial charge in [-0.25, -0.2) is 4.39 Å². The standard InChI is InChI=1S/C23H26FN3O3/c24-18-5-2-1-4-15(18)10-25-23(30)22-17(13-28)16-12-26-19(6-3-7-20(26)29)21(16)27(22)11-14-8-9-14/h1-7,14,16-17,21-22,28H,8-13H2,(H,25,30)/t16-,17-,21+,22-/m1/s1. The smallest absolute Gasteiger partial charge is 0.250 e. The van der Waals surface area contributed by atoms with Crippen molar-refractivity contribution in [2.24, 2.45) is 17.8 Å². The summed E-state index contributed by atoms with van der Waals surface area (Å²) in [7, 11) is 0. The first-order valence-corrected chi connectivity index (χ1v) is 10.7. The molecule has 30 heavy (non-hydrogen) atoms. The van der Waals surface area contributed by atoms with Gasteiger partial charge in [-0.05, 0) is 30.9 Å². The summed E-state index contributed by atoms with van der Waals surface area (Å²) in [4.78, 5) is 27.8. The summed E-state index contributed by atoms with van der Waals surface area (Å²) in [6.07, 6.45) is 2.28. The van der Waals surface area contributed by atoms with Gasteiger partial charge in [0.1, 0.15) is 5.82 Å². The largest absolute Gasteiger partial charge is 0.396 e. The molecule has 6 nitrogen and oxygen atoms in total. The Morgan fingerprint density at radius 2 is 1.97 bits per heavy atom. The zero-order chi connectivity index (χ0) is 20.8. The molecule has 1 saturated carbocycles. The third-order valence-corrected chi connectivity index (χ3v) is 6.91. The van der Waals surface area contributed by atoms with E-state index in [1.165, 1.54) is 6.07 Å². The highest BCUT2D eigenvalue weighted by Gasteiger charge is 2.56. The van der Waals surface area contributed by atoms with Gasteiger partial charge in [-0.2, -0.15) is 0 Å². The summed E-state index contributed by atoms with van der Waals surface area (Å²) in [5, 5.41) is 13.1. The van der Waals surface area contributed by atoms with Crippen molar-refractivity contribution in [3.8, 4) is 0 Å². The Morgan fingerprint density at radius 3 is 2.70 bits per heavy atom. The molecule has 4 atom stereocenters. The zero-order valence-electron chi connectivity index (χ0n) is 16.7. The van der Waals surface area contributed by atoms with Crippen LogP contribution in [0.4, 0.5) is 4.39 Å². The lowest BCUT2D eigenvalue weighted by Gasteiger charge is -2.30. The van der Waals surface area contributed by atoms with Crippen LogP contribution in [0, 0.1) is 23.6 Å². The second kappa shape index (κ2) is 7.63. The van der Waals surface area contributed by atoms with Crippen LogP contribution < -0.4 is 10.9 Å². The maximum atomic E-state index is 14.0. The van der Waals surface area contributed by atoms with Crippen molar-refractivity contribution in [3.05, 3.63) is 69.9 Å². The van der Waals surface area contributed by atoms with Gasteiger partial charge in [0.25, 0.3) is 5.56 Å². The van der Waals surface area contributed by atoms with Gasteiger partial charge in [-0.1, -0.05) is 24.3 Å². The highest BCUT2D eigenvalue weighted by molar-refractivity contribution is 5.82. The number of halogens is 1. The quantitative estimate of drug-likeness (QED) is 0.759. The molecule has 0 spiro atoms. The van der Waals surface area contributed by atoms with Gasteiger partial charge < -0.3 is 15.0 Å². The van der Waals surface area contributed by atoms with E-state index in [1.807, 2.05) is 6.07 Å². The lowest BCUT2D eigenvalue weighted by atomic mass is 9.88. The third-order valence-electron chi connectivity index (χ3n) is 6.91. The summed E-state index contributed by atoms with van der Waals surface area (Å²) < 4.78 is 15.8. The summed E-state index contributed by atoms with van der Waals surface area (Å²) in [5.41, 5.74) is 1.33. The molecule has 2 aromatic rings. The molecule has 3 heterocycles. The molecule has 1 amide bonds. The van der Waals surface area contributed by atoms with Crippen LogP contribution in [0.15, 0.2) is 47.3 Å². The highest BCUT2D eigenvalue weighted by Crippen LogP contribution is 2.50. The van der Waals surface area contributed by atoms with E-state index >= 15 is 0 Å². The Labute approximate surface area is 174 Å². The average Bonchev–Trinajstić information content (AvgIpc) is 3.39. The molecule has 0 unspecified atom stereocenters. The van der Waals surface area contributed by atoms with Crippen LogP contribution in [0.2, 0.25) is 0 Å². The molecular weight excluding hydrogens is 385 g/mol. The highest BCUT2D eigenvalue weighted by atomic mass is 19.1. The molecule has 1 saturated heterocycles. The first kappa shape index (κ1) is 19.5. The van der Waals surface area contributed by atoms with Crippen LogP contribution in [0.5, 0.6) is 0 Å². The van der Waals surface area contributed by atoms with E-state index in [0.717, 1.165) is 25.1 Å². The molecular formula is C23H26FN3O3. The normalized spacial score (nSPS) is 27.7. The van der Waals surface area contributed by atoms with Crippen molar-refractivity contribution in [3.63, 3.8) is 0 Å². The number of nitrogens with one attached hydrogen (secondary N) is 1. The van der Waals surface area contributed by atoms with Gasteiger partial charge in [-0.3, -0.25) is 14.5 Å². The van der Waals surface area contributed by atoms with Crippen molar-refractivity contribution >= 4 is 5.91 Å². The molecule has 0 bridgehead atoms. The summed E-state index contributed by atoms with van der Waals surface area (Å²) in [6.45, 7) is 1.29. The van der Waals surface area contributed by atoms with Gasteiger partial charge in [0, 0.05) is 55.4 Å². The molecule has 1 aromatic carbocycles. The van der Waals surface area contributed by atoms with E-state index in [-0.39, 0.29) is 48.3 Å². The number of rotatable bonds is 6. The molecule has 5 rings (SSSR count). The van der Waals surface area contributed by atoms with Crippen molar-refractivity contribution < 1.29 is 14.3 Å². The van der Waals surface area contributed by atoms with Crippen LogP contribution in [-0.4, -0.2) is 39.7 Å². The topological polar surface area (TPSA) is 74.6 Å². The number of carbonyl (C=O) groups excluding carboxylic acids is 1. The van der Waals surface area contributed by atoms with Crippen LogP contribution in [0.3, 0.4) is 0 Å². The Balaban J connectivity index is 1.44. The Kier molecular flexibility index (Phi) is 4.95. The molecule has 2 N–H and O–H groups in total. The maximum absolute atomic E-state index is 14.0. The van der Waals surface area contributed by atoms with Gasteiger partial charge >= 0.3 is 0 Å². The molecule has 2 fully saturated rings. The number of aliphatic hydroxyl groups is 1. The van der Waals surface area contributed by atoms with Crippen molar-refractivity contribution in [2.75, 3.05) is 13.2 Å². The number of amides is 1. The SMILES string of the molecule is O=C(NCc1ccccc1F)[C@H]1[C@H](CO)[C@H]2Cn3c(cccc3=O)[C@H]2N1CC1CC1. The first-order chi connectivity index (χ1) is 14.6. The number of pyridine rings is 1. The van der Waals surface area contributed by atoms with Crippen LogP contribution in [0.25, 0.3) is 0 Å². The predicted molar refractivity (Wildman–Crippen MR) is 109 cm³/mol. The number of fused-ring (bicyclic) bond motifs is 3. The van der Waals surface area contributed by atoms with Gasteiger partial charge in [0.15, 0.2) is 0 Å². The molecule has 3 aliphatic rings. The number of hydrogen-bond acceptors (Lipinski definition) is 4. The fourth-order valence-electron chi connectivity index (χ4n) is 5.29. The van der Waals surface area contributed by atoms with Crippen LogP contribution in [-0.2, 0) is 17.9 Å². The Morgan fingerprint density at radius 1 is 1.17 bits per heavy atom. The minimum Gasteiger partial charge on any atom is -0.396 e. The molecule has 158 valence electrons. The van der Waals surface area contributed by atoms with E-state index < -0.39 is 6.04 Å². The summed E-state index contributed by atoms with van der Waals surface area (Å²) in [5.74, 6) is -0.240. The third kappa shape index (κ3) is 3.26. The van der Waals surface area contributed by atoms with E-state index in [1.54, 1.807) is 34.9 Å². The minimum absolute atomic E-state index is 0.00746. The van der Waals surface area contributed by atoms with Gasteiger partial charge in [0.05, 0.1) is 12.1 Å². The van der Waals surface area contributed by atoms with E-state index in [9.17, 15) is 19.1 Å². The van der Waals surface area contributed by atoms with Gasteiger partial charge in [0.2, 0.25) is 5.91 Å². The fourth-order valence-corrected chi connectivity index (χ4v) is 5.29. The van der Waals surface area contributed by atoms with E-state index in [4.69, 9.17) is 0 Å². The molecule has 7 heteroatoms. The predicted octanol–water partition coefficient (Wildman–Crippen LogP) is 1.68. The summed E-state index contributed by atoms with van der Waals surface area (Å²) in [6, 6.07) is 11.2. The molecule has 2 aliphatic heterocycles. The average molecular weight is 411 g/mol. The number of likely N-dealkylation sites (tertiary alicyclic amines) is 1. The molecule has 0 radical (unpaired) electrons. The zero-order valence-corrected chi connectivity index (χ0v) is 16.7. The lowest BCUT2D eigenvalue weighted by Crippen LogP contribution is -2.48. The Bertz CT molecular complexity index is 1020. The second-order valence-electron chi connectivity index (χ2n) is 8.75. The lowest BCUT2D eigenvalue weighted by molar-refractivity contribution is -0.128. The minimum atomic E-state index is -0.485. The monoisotopic (exact) mass is 411 g/mol. The maximum Gasteiger partial charge on any atom is 0.250 e. The second-order valence-corrected chi connectivity index (χ2v) is 8.75. The molecule has 1 aromatic heterocycles. The number of aliphatic hydroxyl groups excluding tert-OH is 1. The van der Waals surface area contributed by atoms with E-state index in [2.05, 4.69) is 10.2 Å². The van der Waals surface area contributed by atoms with Crippen LogP contribution in [0.1, 0.15) is 30.1 Å². The fraction of sp³-hybridized carbons (Fsp3) is 0.478. The van der Waals surface area contributed by atoms with Crippen molar-refractivity contribution in [1.29, 1.82) is 0 Å². The van der Waals surface area contributed by atoms with Crippen molar-refractivity contribution in [2.45, 2.75) is 38.0 Å². The number of nitrogens with zero attached hydrogens (tertiary/aromatic N) is 2. The number of hydrogen-bond donors (Lipinski definition) is 2. The summed E-state index contributed by atoms with van der Waals surface area (Å²) >= 11 is 0. The Hall–Kier alpha value is -2.51. The number of carbonyl (C=O) groups is 1. The number of aromatic nitrogens is 1. The first-order valence-electron chi connectivity index (χ1n) is 10.7.